The van der Waals surface area contributed by atoms with Gasteiger partial charge in [0.15, 0.2) is 0 Å². The fourth-order valence-corrected chi connectivity index (χ4v) is 2.40. The van der Waals surface area contributed by atoms with Crippen LogP contribution < -0.4 is 11.1 Å². The number of carbonyl (C=O) groups excluding carboxylic acids is 1. The molecule has 0 aliphatic heterocycles. The van der Waals surface area contributed by atoms with Gasteiger partial charge in [0.05, 0.1) is 10.6 Å². The van der Waals surface area contributed by atoms with E-state index in [1.54, 1.807) is 23.6 Å². The van der Waals surface area contributed by atoms with Crippen molar-refractivity contribution < 1.29 is 4.79 Å². The van der Waals surface area contributed by atoms with Gasteiger partial charge >= 0.3 is 0 Å². The lowest BCUT2D eigenvalue weighted by molar-refractivity contribution is 0.0953. The molecule has 0 radical (unpaired) electrons. The topological polar surface area (TPSA) is 80.9 Å². The number of pyridine rings is 1. The van der Waals surface area contributed by atoms with Crippen molar-refractivity contribution in [1.82, 2.24) is 15.3 Å². The highest BCUT2D eigenvalue weighted by atomic mass is 79.9. The number of nitrogens with two attached hydrogens (primary N) is 1. The van der Waals surface area contributed by atoms with Crippen molar-refractivity contribution in [1.29, 1.82) is 0 Å². The first-order chi connectivity index (χ1) is 8.66. The molecule has 94 valence electrons. The van der Waals surface area contributed by atoms with Crippen molar-refractivity contribution in [3.63, 3.8) is 0 Å². The van der Waals surface area contributed by atoms with Gasteiger partial charge in [-0.05, 0) is 22.0 Å². The Morgan fingerprint density at radius 2 is 2.33 bits per heavy atom. The number of thiazole rings is 1. The van der Waals surface area contributed by atoms with Crippen LogP contribution in [0.2, 0.25) is 0 Å². The van der Waals surface area contributed by atoms with E-state index in [1.165, 1.54) is 6.20 Å². The minimum Gasteiger partial charge on any atom is -0.384 e. The molecule has 2 heterocycles. The van der Waals surface area contributed by atoms with E-state index in [9.17, 15) is 4.79 Å². The number of hydrogen-bond donors (Lipinski definition) is 2. The Morgan fingerprint density at radius 3 is 3.06 bits per heavy atom. The Kier molecular flexibility index (Phi) is 4.27. The third-order valence-electron chi connectivity index (χ3n) is 2.23. The van der Waals surface area contributed by atoms with Crippen LogP contribution in [0.4, 0.5) is 5.82 Å². The second kappa shape index (κ2) is 5.92. The lowest BCUT2D eigenvalue weighted by atomic mass is 10.2. The SMILES string of the molecule is Nc1cc(C(=O)NCCc2nccs2)c(Br)cn1. The zero-order chi connectivity index (χ0) is 13.0. The number of hydrogen-bond acceptors (Lipinski definition) is 5. The molecule has 7 heteroatoms. The van der Waals surface area contributed by atoms with Crippen molar-refractivity contribution >= 4 is 39.0 Å². The predicted octanol–water partition coefficient (Wildman–Crippen LogP) is 1.86. The lowest BCUT2D eigenvalue weighted by Gasteiger charge is -2.06. The molecule has 0 fully saturated rings. The molecule has 0 unspecified atom stereocenters. The van der Waals surface area contributed by atoms with Gasteiger partial charge in [0.2, 0.25) is 0 Å². The highest BCUT2D eigenvalue weighted by molar-refractivity contribution is 9.10. The van der Waals surface area contributed by atoms with E-state index in [-0.39, 0.29) is 5.91 Å². The number of nitrogen functional groups attached to an aromatic ring is 1. The quantitative estimate of drug-likeness (QED) is 0.898. The minimum atomic E-state index is -0.174. The van der Waals surface area contributed by atoms with Gasteiger partial charge in [-0.15, -0.1) is 11.3 Å². The number of nitrogens with one attached hydrogen (secondary N) is 1. The Labute approximate surface area is 117 Å². The third kappa shape index (κ3) is 3.27. The predicted molar refractivity (Wildman–Crippen MR) is 74.5 cm³/mol. The van der Waals surface area contributed by atoms with E-state index in [0.717, 1.165) is 11.4 Å². The van der Waals surface area contributed by atoms with Gasteiger partial charge in [-0.2, -0.15) is 0 Å². The summed E-state index contributed by atoms with van der Waals surface area (Å²) in [6.45, 7) is 0.543. The molecular weight excluding hydrogens is 316 g/mol. The number of carbonyl (C=O) groups is 1. The van der Waals surface area contributed by atoms with Crippen LogP contribution in [0.5, 0.6) is 0 Å². The molecule has 0 aliphatic carbocycles. The first kappa shape index (κ1) is 13.0. The largest absolute Gasteiger partial charge is 0.384 e. The summed E-state index contributed by atoms with van der Waals surface area (Å²) in [5.41, 5.74) is 6.04. The molecule has 18 heavy (non-hydrogen) atoms. The number of aromatic nitrogens is 2. The molecule has 0 saturated heterocycles. The average Bonchev–Trinajstić information content (AvgIpc) is 2.85. The fraction of sp³-hybridized carbons (Fsp3) is 0.182. The molecule has 3 N–H and O–H groups in total. The van der Waals surface area contributed by atoms with Crippen molar-refractivity contribution in [2.45, 2.75) is 6.42 Å². The van der Waals surface area contributed by atoms with Crippen LogP contribution >= 0.6 is 27.3 Å². The van der Waals surface area contributed by atoms with Crippen LogP contribution in [0.1, 0.15) is 15.4 Å². The molecule has 0 saturated carbocycles. The summed E-state index contributed by atoms with van der Waals surface area (Å²) < 4.78 is 0.628. The Balaban J connectivity index is 1.93. The third-order valence-corrected chi connectivity index (χ3v) is 3.70. The van der Waals surface area contributed by atoms with Gasteiger partial charge in [0.1, 0.15) is 5.82 Å². The number of amides is 1. The molecule has 0 atom stereocenters. The molecule has 2 aromatic heterocycles. The molecule has 2 rings (SSSR count). The van der Waals surface area contributed by atoms with Crippen molar-refractivity contribution in [3.05, 3.63) is 38.9 Å². The lowest BCUT2D eigenvalue weighted by Crippen LogP contribution is -2.26. The average molecular weight is 327 g/mol. The van der Waals surface area contributed by atoms with Gasteiger partial charge in [-0.25, -0.2) is 9.97 Å². The molecule has 0 aromatic carbocycles. The van der Waals surface area contributed by atoms with E-state index in [4.69, 9.17) is 5.73 Å². The minimum absolute atomic E-state index is 0.174. The van der Waals surface area contributed by atoms with Gasteiger partial charge in [-0.1, -0.05) is 0 Å². The van der Waals surface area contributed by atoms with E-state index in [2.05, 4.69) is 31.2 Å². The Bertz CT molecular complexity index is 544. The van der Waals surface area contributed by atoms with Crippen LogP contribution in [0.3, 0.4) is 0 Å². The number of anilines is 1. The molecule has 1 amide bonds. The maximum absolute atomic E-state index is 11.9. The first-order valence-electron chi connectivity index (χ1n) is 5.24. The van der Waals surface area contributed by atoms with Crippen LogP contribution in [-0.2, 0) is 6.42 Å². The molecule has 0 aliphatic rings. The van der Waals surface area contributed by atoms with Gasteiger partial charge in [0, 0.05) is 35.2 Å². The molecule has 0 spiro atoms. The summed E-state index contributed by atoms with van der Waals surface area (Å²) in [5.74, 6) is 0.149. The smallest absolute Gasteiger partial charge is 0.252 e. The van der Waals surface area contributed by atoms with Crippen molar-refractivity contribution in [3.8, 4) is 0 Å². The summed E-state index contributed by atoms with van der Waals surface area (Å²) in [4.78, 5) is 19.9. The van der Waals surface area contributed by atoms with Crippen LogP contribution in [-0.4, -0.2) is 22.4 Å². The number of rotatable bonds is 4. The summed E-state index contributed by atoms with van der Waals surface area (Å²) in [5, 5.41) is 5.74. The van der Waals surface area contributed by atoms with E-state index in [1.807, 2.05) is 5.38 Å². The molecule has 5 nitrogen and oxygen atoms in total. The van der Waals surface area contributed by atoms with Crippen LogP contribution in [0, 0.1) is 0 Å². The van der Waals surface area contributed by atoms with Gasteiger partial charge < -0.3 is 11.1 Å². The molecule has 0 bridgehead atoms. The summed E-state index contributed by atoms with van der Waals surface area (Å²) >= 11 is 4.85. The highest BCUT2D eigenvalue weighted by Crippen LogP contribution is 2.17. The van der Waals surface area contributed by atoms with Crippen molar-refractivity contribution in [2.75, 3.05) is 12.3 Å². The maximum atomic E-state index is 11.9. The second-order valence-corrected chi connectivity index (χ2v) is 5.35. The van der Waals surface area contributed by atoms with Crippen LogP contribution in [0.15, 0.2) is 28.3 Å². The first-order valence-corrected chi connectivity index (χ1v) is 6.91. The second-order valence-electron chi connectivity index (χ2n) is 3.52. The summed E-state index contributed by atoms with van der Waals surface area (Å²) in [6, 6.07) is 1.54. The van der Waals surface area contributed by atoms with E-state index >= 15 is 0 Å². The zero-order valence-electron chi connectivity index (χ0n) is 9.39. The fourth-order valence-electron chi connectivity index (χ4n) is 1.38. The van der Waals surface area contributed by atoms with Gasteiger partial charge in [-0.3, -0.25) is 4.79 Å². The van der Waals surface area contributed by atoms with E-state index < -0.39 is 0 Å². The monoisotopic (exact) mass is 326 g/mol. The maximum Gasteiger partial charge on any atom is 0.252 e. The number of halogens is 1. The molecular formula is C11H11BrN4OS. The summed E-state index contributed by atoms with van der Waals surface area (Å²) in [6.07, 6.45) is 3.99. The molecule has 2 aromatic rings. The normalized spacial score (nSPS) is 10.3. The zero-order valence-corrected chi connectivity index (χ0v) is 11.8. The van der Waals surface area contributed by atoms with Crippen molar-refractivity contribution in [2.24, 2.45) is 0 Å². The summed E-state index contributed by atoms with van der Waals surface area (Å²) in [7, 11) is 0. The van der Waals surface area contributed by atoms with Crippen LogP contribution in [0.25, 0.3) is 0 Å². The van der Waals surface area contributed by atoms with E-state index in [0.29, 0.717) is 22.4 Å². The Morgan fingerprint density at radius 1 is 1.50 bits per heavy atom. The highest BCUT2D eigenvalue weighted by Gasteiger charge is 2.10. The standard InChI is InChI=1S/C11H11BrN4OS/c12-8-6-16-9(13)5-7(8)11(17)15-2-1-10-14-3-4-18-10/h3-6H,1-2H2,(H2,13,16)(H,15,17). The Hall–Kier alpha value is -1.47. The number of nitrogens with zero attached hydrogens (tertiary/aromatic N) is 2. The van der Waals surface area contributed by atoms with Gasteiger partial charge in [0.25, 0.3) is 5.91 Å².